The van der Waals surface area contributed by atoms with Gasteiger partial charge in [-0.1, -0.05) is 29.8 Å². The Morgan fingerprint density at radius 2 is 1.93 bits per heavy atom. The molecule has 2 rings (SSSR count). The van der Waals surface area contributed by atoms with Gasteiger partial charge in [-0.25, -0.2) is 0 Å². The van der Waals surface area contributed by atoms with Gasteiger partial charge in [-0.3, -0.25) is 9.59 Å². The van der Waals surface area contributed by atoms with Crippen LogP contribution in [0.2, 0.25) is 5.02 Å². The number of nitrogens with zero attached hydrogens (tertiary/aromatic N) is 1. The summed E-state index contributed by atoms with van der Waals surface area (Å²) in [7, 11) is 1.73. The Labute approximate surface area is 165 Å². The van der Waals surface area contributed by atoms with Crippen LogP contribution in [0.15, 0.2) is 42.5 Å². The first-order valence-electron chi connectivity index (χ1n) is 8.85. The second-order valence-electron chi connectivity index (χ2n) is 6.44. The van der Waals surface area contributed by atoms with Gasteiger partial charge in [-0.2, -0.15) is 0 Å². The van der Waals surface area contributed by atoms with Crippen LogP contribution < -0.4 is 10.1 Å². The summed E-state index contributed by atoms with van der Waals surface area (Å²) in [6.07, 6.45) is 0.951. The fraction of sp³-hybridized carbons (Fsp3) is 0.333. The zero-order valence-corrected chi connectivity index (χ0v) is 16.7. The van der Waals surface area contributed by atoms with Crippen molar-refractivity contribution in [2.24, 2.45) is 0 Å². The van der Waals surface area contributed by atoms with Gasteiger partial charge in [-0.15, -0.1) is 0 Å². The molecule has 0 aliphatic heterocycles. The molecular weight excluding hydrogens is 364 g/mol. The van der Waals surface area contributed by atoms with Crippen molar-refractivity contribution in [1.82, 2.24) is 4.90 Å². The molecule has 2 aromatic carbocycles. The van der Waals surface area contributed by atoms with Gasteiger partial charge >= 0.3 is 0 Å². The molecule has 27 heavy (non-hydrogen) atoms. The minimum Gasteiger partial charge on any atom is -0.493 e. The van der Waals surface area contributed by atoms with Crippen LogP contribution in [-0.2, 0) is 16.1 Å². The van der Waals surface area contributed by atoms with Gasteiger partial charge in [0.25, 0.3) is 0 Å². The van der Waals surface area contributed by atoms with Crippen molar-refractivity contribution >= 4 is 29.1 Å². The number of anilines is 1. The lowest BCUT2D eigenvalue weighted by Crippen LogP contribution is -2.24. The molecule has 0 atom stereocenters. The lowest BCUT2D eigenvalue weighted by Gasteiger charge is -2.18. The van der Waals surface area contributed by atoms with Crippen LogP contribution in [-0.4, -0.2) is 30.4 Å². The Bertz CT molecular complexity index is 808. The van der Waals surface area contributed by atoms with Crippen molar-refractivity contribution in [2.75, 3.05) is 19.0 Å². The quantitative estimate of drug-likeness (QED) is 0.681. The Kier molecular flexibility index (Phi) is 7.67. The minimum atomic E-state index is -0.0793. The van der Waals surface area contributed by atoms with Crippen LogP contribution in [0, 0.1) is 6.92 Å². The SMILES string of the molecule is CC(=O)N(C)Cc1ccccc1NC(=O)CCCOc1ccc(Cl)cc1C. The van der Waals surface area contributed by atoms with Gasteiger partial charge in [-0.05, 0) is 48.7 Å². The molecule has 2 aromatic rings. The molecule has 0 saturated carbocycles. The molecule has 6 heteroatoms. The number of ether oxygens (including phenoxy) is 1. The van der Waals surface area contributed by atoms with Crippen molar-refractivity contribution in [2.45, 2.75) is 33.2 Å². The second-order valence-corrected chi connectivity index (χ2v) is 6.88. The molecule has 0 radical (unpaired) electrons. The number of hydrogen-bond donors (Lipinski definition) is 1. The molecule has 2 amide bonds. The molecule has 0 spiro atoms. The van der Waals surface area contributed by atoms with E-state index in [4.69, 9.17) is 16.3 Å². The van der Waals surface area contributed by atoms with Crippen molar-refractivity contribution in [1.29, 1.82) is 0 Å². The maximum atomic E-state index is 12.2. The van der Waals surface area contributed by atoms with E-state index in [1.165, 1.54) is 6.92 Å². The van der Waals surface area contributed by atoms with E-state index in [0.717, 1.165) is 22.6 Å². The molecule has 0 unspecified atom stereocenters. The van der Waals surface area contributed by atoms with E-state index >= 15 is 0 Å². The number of rotatable bonds is 8. The molecule has 1 N–H and O–H groups in total. The first-order valence-corrected chi connectivity index (χ1v) is 9.23. The third-order valence-corrected chi connectivity index (χ3v) is 4.41. The molecule has 5 nitrogen and oxygen atoms in total. The number of carbonyl (C=O) groups is 2. The van der Waals surface area contributed by atoms with Crippen LogP contribution in [0.4, 0.5) is 5.69 Å². The van der Waals surface area contributed by atoms with E-state index in [9.17, 15) is 9.59 Å². The van der Waals surface area contributed by atoms with Gasteiger partial charge in [0.2, 0.25) is 11.8 Å². The van der Waals surface area contributed by atoms with Gasteiger partial charge in [0, 0.05) is 37.6 Å². The van der Waals surface area contributed by atoms with Crippen LogP contribution in [0.5, 0.6) is 5.75 Å². The number of halogens is 1. The molecule has 0 heterocycles. The highest BCUT2D eigenvalue weighted by atomic mass is 35.5. The topological polar surface area (TPSA) is 58.6 Å². The zero-order valence-electron chi connectivity index (χ0n) is 15.9. The molecule has 0 aliphatic rings. The molecule has 0 saturated heterocycles. The van der Waals surface area contributed by atoms with Crippen molar-refractivity contribution in [3.8, 4) is 5.75 Å². The molecular formula is C21H25ClN2O3. The van der Waals surface area contributed by atoms with E-state index in [-0.39, 0.29) is 11.8 Å². The molecule has 0 fully saturated rings. The fourth-order valence-corrected chi connectivity index (χ4v) is 2.78. The van der Waals surface area contributed by atoms with E-state index in [2.05, 4.69) is 5.32 Å². The Morgan fingerprint density at radius 3 is 2.63 bits per heavy atom. The number of benzene rings is 2. The summed E-state index contributed by atoms with van der Waals surface area (Å²) in [5.41, 5.74) is 2.59. The fourth-order valence-electron chi connectivity index (χ4n) is 2.55. The van der Waals surface area contributed by atoms with Crippen molar-refractivity contribution in [3.05, 3.63) is 58.6 Å². The summed E-state index contributed by atoms with van der Waals surface area (Å²) in [4.78, 5) is 25.3. The monoisotopic (exact) mass is 388 g/mol. The number of amides is 2. The highest BCUT2D eigenvalue weighted by Gasteiger charge is 2.10. The predicted molar refractivity (Wildman–Crippen MR) is 108 cm³/mol. The van der Waals surface area contributed by atoms with E-state index < -0.39 is 0 Å². The van der Waals surface area contributed by atoms with E-state index in [1.54, 1.807) is 18.0 Å². The third-order valence-electron chi connectivity index (χ3n) is 4.18. The summed E-state index contributed by atoms with van der Waals surface area (Å²) in [6, 6.07) is 13.0. The average Bonchev–Trinajstić information content (AvgIpc) is 2.61. The smallest absolute Gasteiger partial charge is 0.224 e. The summed E-state index contributed by atoms with van der Waals surface area (Å²) in [5.74, 6) is 0.674. The Morgan fingerprint density at radius 1 is 1.19 bits per heavy atom. The van der Waals surface area contributed by atoms with Gasteiger partial charge in [0.15, 0.2) is 0 Å². The molecule has 0 aliphatic carbocycles. The van der Waals surface area contributed by atoms with E-state index in [1.807, 2.05) is 43.3 Å². The van der Waals surface area contributed by atoms with Crippen LogP contribution >= 0.6 is 11.6 Å². The van der Waals surface area contributed by atoms with Gasteiger partial charge < -0.3 is 15.0 Å². The van der Waals surface area contributed by atoms with Gasteiger partial charge in [0.1, 0.15) is 5.75 Å². The summed E-state index contributed by atoms with van der Waals surface area (Å²) >= 11 is 5.93. The molecule has 0 bridgehead atoms. The summed E-state index contributed by atoms with van der Waals surface area (Å²) in [6.45, 7) is 4.35. The second kappa shape index (κ2) is 9.97. The minimum absolute atomic E-state index is 0.0224. The van der Waals surface area contributed by atoms with Crippen molar-refractivity contribution < 1.29 is 14.3 Å². The third kappa shape index (κ3) is 6.61. The Hall–Kier alpha value is -2.53. The molecule has 0 aromatic heterocycles. The first kappa shape index (κ1) is 20.8. The van der Waals surface area contributed by atoms with Crippen molar-refractivity contribution in [3.63, 3.8) is 0 Å². The van der Waals surface area contributed by atoms with Gasteiger partial charge in [0.05, 0.1) is 6.61 Å². The highest BCUT2D eigenvalue weighted by Crippen LogP contribution is 2.22. The van der Waals surface area contributed by atoms with Crippen LogP contribution in [0.25, 0.3) is 0 Å². The number of carbonyl (C=O) groups excluding carboxylic acids is 2. The maximum absolute atomic E-state index is 12.2. The summed E-state index contributed by atoms with van der Waals surface area (Å²) < 4.78 is 5.71. The first-order chi connectivity index (χ1) is 12.9. The number of nitrogens with one attached hydrogen (secondary N) is 1. The zero-order chi connectivity index (χ0) is 19.8. The number of hydrogen-bond acceptors (Lipinski definition) is 3. The lowest BCUT2D eigenvalue weighted by molar-refractivity contribution is -0.128. The number of para-hydroxylation sites is 1. The molecule has 144 valence electrons. The van der Waals surface area contributed by atoms with Crippen LogP contribution in [0.1, 0.15) is 30.9 Å². The standard InChI is InChI=1S/C21H25ClN2O3/c1-15-13-18(22)10-11-20(15)27-12-6-9-21(26)23-19-8-5-4-7-17(19)14-24(3)16(2)25/h4-5,7-8,10-11,13H,6,9,12,14H2,1-3H3,(H,23,26). The maximum Gasteiger partial charge on any atom is 0.224 e. The normalized spacial score (nSPS) is 10.4. The highest BCUT2D eigenvalue weighted by molar-refractivity contribution is 6.30. The predicted octanol–water partition coefficient (Wildman–Crippen LogP) is 4.42. The van der Waals surface area contributed by atoms with Crippen LogP contribution in [0.3, 0.4) is 0 Å². The average molecular weight is 389 g/mol. The summed E-state index contributed by atoms with van der Waals surface area (Å²) in [5, 5.41) is 3.60. The largest absolute Gasteiger partial charge is 0.493 e. The lowest BCUT2D eigenvalue weighted by atomic mass is 10.1. The number of aryl methyl sites for hydroxylation is 1. The van der Waals surface area contributed by atoms with E-state index in [0.29, 0.717) is 31.0 Å². The Balaban J connectivity index is 1.83.